The summed E-state index contributed by atoms with van der Waals surface area (Å²) in [4.78, 5) is 5.19. The van der Waals surface area contributed by atoms with Crippen molar-refractivity contribution in [2.24, 2.45) is 11.8 Å². The largest absolute Gasteiger partial charge is 0.355 e. The molecule has 2 fully saturated rings. The van der Waals surface area contributed by atoms with Gasteiger partial charge in [-0.05, 0) is 37.5 Å². The fraction of sp³-hybridized carbons (Fsp3) is 1.00. The molecular formula is C17H34N2O2. The predicted octanol–water partition coefficient (Wildman–Crippen LogP) is 2.44. The molecule has 4 nitrogen and oxygen atoms in total. The Balaban J connectivity index is 1.70. The summed E-state index contributed by atoms with van der Waals surface area (Å²) in [7, 11) is 3.44. The quantitative estimate of drug-likeness (QED) is 0.703. The van der Waals surface area contributed by atoms with Gasteiger partial charge in [0.15, 0.2) is 6.29 Å². The van der Waals surface area contributed by atoms with E-state index in [0.29, 0.717) is 0 Å². The summed E-state index contributed by atoms with van der Waals surface area (Å²) in [5.74, 6) is 1.83. The summed E-state index contributed by atoms with van der Waals surface area (Å²) in [5.41, 5.74) is 0. The molecule has 0 unspecified atom stereocenters. The number of nitrogens with zero attached hydrogens (tertiary/aromatic N) is 2. The lowest BCUT2D eigenvalue weighted by Crippen LogP contribution is -2.52. The number of hydrogen-bond acceptors (Lipinski definition) is 4. The number of hydrogen-bond donors (Lipinski definition) is 0. The Morgan fingerprint density at radius 3 is 1.95 bits per heavy atom. The average molecular weight is 298 g/mol. The van der Waals surface area contributed by atoms with Gasteiger partial charge in [-0.15, -0.1) is 0 Å². The molecule has 4 heteroatoms. The maximum atomic E-state index is 5.30. The normalized spacial score (nSPS) is 29.4. The molecule has 1 aliphatic carbocycles. The predicted molar refractivity (Wildman–Crippen MR) is 86.4 cm³/mol. The first kappa shape index (κ1) is 17.2. The minimum absolute atomic E-state index is 0.0852. The van der Waals surface area contributed by atoms with E-state index in [2.05, 4.69) is 23.6 Å². The van der Waals surface area contributed by atoms with Gasteiger partial charge in [0.25, 0.3) is 0 Å². The standard InChI is InChI=1S/C17H34N2O2/c1-14(2)15-5-7-16(8-6-15)19-11-9-18(10-12-19)13-17(20-3)21-4/h14-17H,5-13H2,1-4H3. The molecule has 2 aliphatic rings. The second-order valence-corrected chi connectivity index (χ2v) is 7.05. The third kappa shape index (κ3) is 4.92. The molecule has 0 spiro atoms. The van der Waals surface area contributed by atoms with Crippen LogP contribution >= 0.6 is 0 Å². The highest BCUT2D eigenvalue weighted by molar-refractivity contribution is 4.84. The topological polar surface area (TPSA) is 24.9 Å². The van der Waals surface area contributed by atoms with Crippen molar-refractivity contribution in [2.45, 2.75) is 51.9 Å². The maximum absolute atomic E-state index is 5.30. The zero-order valence-corrected chi connectivity index (χ0v) is 14.4. The van der Waals surface area contributed by atoms with Crippen molar-refractivity contribution in [2.75, 3.05) is 46.9 Å². The molecule has 21 heavy (non-hydrogen) atoms. The average Bonchev–Trinajstić information content (AvgIpc) is 2.53. The molecule has 1 saturated heterocycles. The van der Waals surface area contributed by atoms with Crippen molar-refractivity contribution in [3.8, 4) is 0 Å². The Hall–Kier alpha value is -0.160. The smallest absolute Gasteiger partial charge is 0.169 e. The summed E-state index contributed by atoms with van der Waals surface area (Å²) in [6.07, 6.45) is 5.58. The molecule has 1 heterocycles. The number of piperazine rings is 1. The minimum atomic E-state index is -0.0852. The van der Waals surface area contributed by atoms with Crippen molar-refractivity contribution in [3.63, 3.8) is 0 Å². The highest BCUT2D eigenvalue weighted by Crippen LogP contribution is 2.32. The van der Waals surface area contributed by atoms with Crippen LogP contribution in [-0.4, -0.2) is 69.1 Å². The zero-order chi connectivity index (χ0) is 15.2. The first-order valence-electron chi connectivity index (χ1n) is 8.66. The van der Waals surface area contributed by atoms with Gasteiger partial charge in [-0.25, -0.2) is 0 Å². The van der Waals surface area contributed by atoms with Crippen LogP contribution in [0.4, 0.5) is 0 Å². The summed E-state index contributed by atoms with van der Waals surface area (Å²) >= 11 is 0. The zero-order valence-electron chi connectivity index (χ0n) is 14.4. The van der Waals surface area contributed by atoms with Crippen LogP contribution in [0.1, 0.15) is 39.5 Å². The van der Waals surface area contributed by atoms with E-state index in [9.17, 15) is 0 Å². The molecule has 0 N–H and O–H groups in total. The van der Waals surface area contributed by atoms with E-state index in [0.717, 1.165) is 37.5 Å². The van der Waals surface area contributed by atoms with Crippen LogP contribution in [0, 0.1) is 11.8 Å². The van der Waals surface area contributed by atoms with Gasteiger partial charge in [0.1, 0.15) is 0 Å². The van der Waals surface area contributed by atoms with Gasteiger partial charge in [-0.3, -0.25) is 9.80 Å². The number of ether oxygens (including phenoxy) is 2. The van der Waals surface area contributed by atoms with Crippen molar-refractivity contribution in [1.82, 2.24) is 9.80 Å². The molecule has 2 rings (SSSR count). The summed E-state index contributed by atoms with van der Waals surface area (Å²) in [6.45, 7) is 10.4. The first-order valence-corrected chi connectivity index (χ1v) is 8.66. The van der Waals surface area contributed by atoms with Crippen molar-refractivity contribution < 1.29 is 9.47 Å². The van der Waals surface area contributed by atoms with Crippen LogP contribution in [-0.2, 0) is 9.47 Å². The van der Waals surface area contributed by atoms with E-state index in [1.54, 1.807) is 14.2 Å². The second kappa shape index (κ2) is 8.47. The van der Waals surface area contributed by atoms with Crippen molar-refractivity contribution in [3.05, 3.63) is 0 Å². The molecule has 0 aromatic heterocycles. The van der Waals surface area contributed by atoms with E-state index < -0.39 is 0 Å². The van der Waals surface area contributed by atoms with Gasteiger partial charge in [0, 0.05) is 53.0 Å². The van der Waals surface area contributed by atoms with Gasteiger partial charge in [-0.2, -0.15) is 0 Å². The molecule has 0 aromatic rings. The van der Waals surface area contributed by atoms with Crippen LogP contribution in [0.25, 0.3) is 0 Å². The second-order valence-electron chi connectivity index (χ2n) is 7.05. The van der Waals surface area contributed by atoms with Gasteiger partial charge < -0.3 is 9.47 Å². The molecule has 124 valence electrons. The molecule has 1 saturated carbocycles. The third-order valence-corrected chi connectivity index (χ3v) is 5.54. The molecule has 0 atom stereocenters. The van der Waals surface area contributed by atoms with E-state index in [1.807, 2.05) is 0 Å². The third-order valence-electron chi connectivity index (χ3n) is 5.54. The van der Waals surface area contributed by atoms with Gasteiger partial charge in [0.05, 0.1) is 0 Å². The molecule has 1 aliphatic heterocycles. The van der Waals surface area contributed by atoms with Crippen molar-refractivity contribution >= 4 is 0 Å². The van der Waals surface area contributed by atoms with Crippen molar-refractivity contribution in [1.29, 1.82) is 0 Å². The van der Waals surface area contributed by atoms with Gasteiger partial charge in [-0.1, -0.05) is 13.8 Å². The molecular weight excluding hydrogens is 264 g/mol. The summed E-state index contributed by atoms with van der Waals surface area (Å²) in [5, 5.41) is 0. The lowest BCUT2D eigenvalue weighted by atomic mass is 9.79. The Morgan fingerprint density at radius 1 is 0.905 bits per heavy atom. The minimum Gasteiger partial charge on any atom is -0.355 e. The summed E-state index contributed by atoms with van der Waals surface area (Å²) < 4.78 is 10.6. The molecule has 0 radical (unpaired) electrons. The van der Waals surface area contributed by atoms with Gasteiger partial charge in [0.2, 0.25) is 0 Å². The fourth-order valence-electron chi connectivity index (χ4n) is 3.90. The fourth-order valence-corrected chi connectivity index (χ4v) is 3.90. The molecule has 0 amide bonds. The van der Waals surface area contributed by atoms with Gasteiger partial charge >= 0.3 is 0 Å². The SMILES string of the molecule is COC(CN1CCN(C2CCC(C(C)C)CC2)CC1)OC. The van der Waals surface area contributed by atoms with Crippen LogP contribution in [0.3, 0.4) is 0 Å². The van der Waals surface area contributed by atoms with E-state index in [4.69, 9.17) is 9.47 Å². The number of methoxy groups -OCH3 is 2. The summed E-state index contributed by atoms with van der Waals surface area (Å²) in [6, 6.07) is 0.836. The highest BCUT2D eigenvalue weighted by atomic mass is 16.7. The van der Waals surface area contributed by atoms with Crippen LogP contribution in [0.5, 0.6) is 0 Å². The first-order chi connectivity index (χ1) is 10.1. The van der Waals surface area contributed by atoms with Crippen LogP contribution in [0.2, 0.25) is 0 Å². The maximum Gasteiger partial charge on any atom is 0.169 e. The lowest BCUT2D eigenvalue weighted by molar-refractivity contribution is -0.120. The Morgan fingerprint density at radius 2 is 1.48 bits per heavy atom. The van der Waals surface area contributed by atoms with E-state index >= 15 is 0 Å². The van der Waals surface area contributed by atoms with Crippen LogP contribution < -0.4 is 0 Å². The Bertz CT molecular complexity index is 279. The Kier molecular flexibility index (Phi) is 6.93. The molecule has 0 bridgehead atoms. The van der Waals surface area contributed by atoms with Crippen LogP contribution in [0.15, 0.2) is 0 Å². The molecule has 0 aromatic carbocycles. The van der Waals surface area contributed by atoms with E-state index in [-0.39, 0.29) is 6.29 Å². The van der Waals surface area contributed by atoms with E-state index in [1.165, 1.54) is 38.8 Å². The Labute approximate surface area is 130 Å². The monoisotopic (exact) mass is 298 g/mol. The highest BCUT2D eigenvalue weighted by Gasteiger charge is 2.29. The lowest BCUT2D eigenvalue weighted by Gasteiger charge is -2.43. The number of rotatable bonds is 6.